The third-order valence-electron chi connectivity index (χ3n) is 5.19. The van der Waals surface area contributed by atoms with Crippen molar-refractivity contribution in [3.05, 3.63) is 35.9 Å². The summed E-state index contributed by atoms with van der Waals surface area (Å²) in [5, 5.41) is 5.92. The van der Waals surface area contributed by atoms with E-state index >= 15 is 0 Å². The quantitative estimate of drug-likeness (QED) is 0.817. The van der Waals surface area contributed by atoms with Crippen LogP contribution in [-0.2, 0) is 16.0 Å². The van der Waals surface area contributed by atoms with E-state index in [2.05, 4.69) is 5.10 Å². The van der Waals surface area contributed by atoms with Gasteiger partial charge < -0.3 is 9.64 Å². The van der Waals surface area contributed by atoms with E-state index in [1.54, 1.807) is 11.9 Å². The number of ether oxygens (including phenoxy) is 1. The molecule has 0 aliphatic carbocycles. The van der Waals surface area contributed by atoms with Crippen molar-refractivity contribution in [2.75, 3.05) is 13.6 Å². The van der Waals surface area contributed by atoms with Gasteiger partial charge in [-0.15, -0.1) is 0 Å². The number of benzene rings is 1. The second-order valence-corrected chi connectivity index (χ2v) is 8.11. The predicted molar refractivity (Wildman–Crippen MR) is 99.8 cm³/mol. The van der Waals surface area contributed by atoms with Gasteiger partial charge in [-0.3, -0.25) is 4.79 Å². The maximum Gasteiger partial charge on any atom is 0.410 e. The highest BCUT2D eigenvalue weighted by molar-refractivity contribution is 6.14. The second kappa shape index (κ2) is 6.41. The summed E-state index contributed by atoms with van der Waals surface area (Å²) in [4.78, 5) is 27.6. The van der Waals surface area contributed by atoms with Crippen molar-refractivity contribution in [2.45, 2.75) is 52.2 Å². The summed E-state index contributed by atoms with van der Waals surface area (Å²) >= 11 is 0. The Balaban J connectivity index is 1.97. The minimum Gasteiger partial charge on any atom is -0.444 e. The number of carbonyl (C=O) groups is 2. The van der Waals surface area contributed by atoms with E-state index in [-0.39, 0.29) is 18.0 Å². The van der Waals surface area contributed by atoms with E-state index < -0.39 is 11.0 Å². The second-order valence-electron chi connectivity index (χ2n) is 8.11. The number of hydrazone groups is 1. The van der Waals surface area contributed by atoms with E-state index in [1.807, 2.05) is 58.0 Å². The molecule has 1 fully saturated rings. The number of piperidine rings is 1. The van der Waals surface area contributed by atoms with Gasteiger partial charge in [-0.1, -0.05) is 30.3 Å². The summed E-state index contributed by atoms with van der Waals surface area (Å²) < 4.78 is 5.58. The van der Waals surface area contributed by atoms with Gasteiger partial charge in [0.25, 0.3) is 5.91 Å². The lowest BCUT2D eigenvalue weighted by Gasteiger charge is -2.45. The molecule has 2 amide bonds. The lowest BCUT2D eigenvalue weighted by atomic mass is 9.68. The molecule has 26 heavy (non-hydrogen) atoms. The van der Waals surface area contributed by atoms with Crippen LogP contribution in [0.15, 0.2) is 35.4 Å². The molecule has 0 N–H and O–H groups in total. The zero-order valence-electron chi connectivity index (χ0n) is 16.2. The van der Waals surface area contributed by atoms with Crippen molar-refractivity contribution in [1.29, 1.82) is 0 Å². The Morgan fingerprint density at radius 3 is 2.58 bits per heavy atom. The molecule has 0 radical (unpaired) electrons. The maximum absolute atomic E-state index is 13.2. The van der Waals surface area contributed by atoms with Crippen molar-refractivity contribution in [3.63, 3.8) is 0 Å². The fraction of sp³-hybridized carbons (Fsp3) is 0.550. The Hall–Kier alpha value is -2.37. The molecule has 6 heteroatoms. The van der Waals surface area contributed by atoms with Gasteiger partial charge >= 0.3 is 6.09 Å². The number of rotatable bonds is 2. The Morgan fingerprint density at radius 1 is 1.31 bits per heavy atom. The molecule has 2 aliphatic rings. The molecule has 2 heterocycles. The minimum atomic E-state index is -0.828. The number of amides is 2. The van der Waals surface area contributed by atoms with Crippen LogP contribution in [0.3, 0.4) is 0 Å². The Morgan fingerprint density at radius 2 is 1.96 bits per heavy atom. The molecule has 2 atom stereocenters. The molecule has 1 aromatic rings. The zero-order chi connectivity index (χ0) is 19.1. The molecular formula is C20H27N3O3. The number of nitrogens with zero attached hydrogens (tertiary/aromatic N) is 3. The maximum atomic E-state index is 13.2. The van der Waals surface area contributed by atoms with Gasteiger partial charge in [-0.2, -0.15) is 5.10 Å². The SMILES string of the molecule is CC1N(C(=O)OC(C)(C)C)CCC2=NN(C)C(=O)C21Cc1ccccc1. The van der Waals surface area contributed by atoms with Gasteiger partial charge in [0.15, 0.2) is 0 Å². The summed E-state index contributed by atoms with van der Waals surface area (Å²) in [5.41, 5.74) is 0.516. The largest absolute Gasteiger partial charge is 0.444 e. The Bertz CT molecular complexity index is 738. The summed E-state index contributed by atoms with van der Waals surface area (Å²) in [6.45, 7) is 7.98. The van der Waals surface area contributed by atoms with E-state index in [0.717, 1.165) is 11.3 Å². The van der Waals surface area contributed by atoms with Gasteiger partial charge in [0.2, 0.25) is 0 Å². The number of carbonyl (C=O) groups excluding carboxylic acids is 2. The molecule has 0 aromatic heterocycles. The smallest absolute Gasteiger partial charge is 0.410 e. The van der Waals surface area contributed by atoms with Crippen molar-refractivity contribution in [2.24, 2.45) is 10.5 Å². The summed E-state index contributed by atoms with van der Waals surface area (Å²) in [7, 11) is 1.69. The summed E-state index contributed by atoms with van der Waals surface area (Å²) in [6.07, 6.45) is 0.724. The Kier molecular flexibility index (Phi) is 4.54. The molecule has 2 aliphatic heterocycles. The summed E-state index contributed by atoms with van der Waals surface area (Å²) in [5.74, 6) is -0.0582. The van der Waals surface area contributed by atoms with Gasteiger partial charge in [0.05, 0.1) is 11.8 Å². The van der Waals surface area contributed by atoms with Crippen LogP contribution in [-0.4, -0.2) is 52.9 Å². The number of fused-ring (bicyclic) bond motifs is 1. The first-order chi connectivity index (χ1) is 12.1. The molecule has 6 nitrogen and oxygen atoms in total. The first kappa shape index (κ1) is 18.4. The molecular weight excluding hydrogens is 330 g/mol. The van der Waals surface area contributed by atoms with Gasteiger partial charge in [-0.25, -0.2) is 9.80 Å². The molecule has 0 saturated carbocycles. The van der Waals surface area contributed by atoms with Crippen LogP contribution >= 0.6 is 0 Å². The van der Waals surface area contributed by atoms with E-state index in [9.17, 15) is 9.59 Å². The third kappa shape index (κ3) is 3.08. The highest BCUT2D eigenvalue weighted by Crippen LogP contribution is 2.42. The van der Waals surface area contributed by atoms with Crippen LogP contribution in [0.5, 0.6) is 0 Å². The average Bonchev–Trinajstić information content (AvgIpc) is 2.80. The van der Waals surface area contributed by atoms with E-state index in [4.69, 9.17) is 4.74 Å². The van der Waals surface area contributed by atoms with Crippen molar-refractivity contribution < 1.29 is 14.3 Å². The Labute approximate surface area is 154 Å². The molecule has 0 spiro atoms. The van der Waals surface area contributed by atoms with Gasteiger partial charge in [0, 0.05) is 20.0 Å². The number of likely N-dealkylation sites (tertiary alicyclic amines) is 1. The fourth-order valence-electron chi connectivity index (χ4n) is 3.92. The first-order valence-electron chi connectivity index (χ1n) is 9.05. The zero-order valence-corrected chi connectivity index (χ0v) is 16.2. The molecule has 2 unspecified atom stereocenters. The van der Waals surface area contributed by atoms with Crippen LogP contribution in [0.4, 0.5) is 4.79 Å². The average molecular weight is 357 g/mol. The standard InChI is InChI=1S/C20H27N3O3/c1-14-20(13-15-9-7-6-8-10-15)16(21-22(5)17(20)24)11-12-23(14)18(25)26-19(2,3)4/h6-10,14H,11-13H2,1-5H3. The fourth-order valence-corrected chi connectivity index (χ4v) is 3.92. The topological polar surface area (TPSA) is 62.2 Å². The predicted octanol–water partition coefficient (Wildman–Crippen LogP) is 3.07. The number of hydrogen-bond acceptors (Lipinski definition) is 4. The van der Waals surface area contributed by atoms with Crippen molar-refractivity contribution >= 4 is 17.7 Å². The molecule has 3 rings (SSSR count). The highest BCUT2D eigenvalue weighted by atomic mass is 16.6. The van der Waals surface area contributed by atoms with E-state index in [1.165, 1.54) is 5.01 Å². The minimum absolute atomic E-state index is 0.0582. The van der Waals surface area contributed by atoms with Crippen molar-refractivity contribution in [3.8, 4) is 0 Å². The number of hydrogen-bond donors (Lipinski definition) is 0. The lowest BCUT2D eigenvalue weighted by Crippen LogP contribution is -2.61. The normalized spacial score (nSPS) is 25.8. The molecule has 1 saturated heterocycles. The van der Waals surface area contributed by atoms with E-state index in [0.29, 0.717) is 19.4 Å². The van der Waals surface area contributed by atoms with Gasteiger partial charge in [0.1, 0.15) is 11.0 Å². The molecule has 0 bridgehead atoms. The molecule has 140 valence electrons. The first-order valence-corrected chi connectivity index (χ1v) is 9.05. The van der Waals surface area contributed by atoms with Gasteiger partial charge in [-0.05, 0) is 39.7 Å². The monoisotopic (exact) mass is 357 g/mol. The van der Waals surface area contributed by atoms with Crippen LogP contribution in [0.2, 0.25) is 0 Å². The van der Waals surface area contributed by atoms with Crippen LogP contribution in [0.1, 0.15) is 39.7 Å². The molecule has 1 aromatic carbocycles. The van der Waals surface area contributed by atoms with Crippen LogP contribution < -0.4 is 0 Å². The lowest BCUT2D eigenvalue weighted by molar-refractivity contribution is -0.137. The third-order valence-corrected chi connectivity index (χ3v) is 5.19. The van der Waals surface area contributed by atoms with Crippen molar-refractivity contribution in [1.82, 2.24) is 9.91 Å². The van der Waals surface area contributed by atoms with Crippen LogP contribution in [0, 0.1) is 5.41 Å². The summed E-state index contributed by atoms with van der Waals surface area (Å²) in [6, 6.07) is 9.57. The highest BCUT2D eigenvalue weighted by Gasteiger charge is 2.58. The van der Waals surface area contributed by atoms with Crippen LogP contribution in [0.25, 0.3) is 0 Å².